The maximum atomic E-state index is 13.6. The van der Waals surface area contributed by atoms with Gasteiger partial charge in [-0.25, -0.2) is 4.39 Å². The molecule has 3 aromatic rings. The second-order valence-corrected chi connectivity index (χ2v) is 8.00. The van der Waals surface area contributed by atoms with Crippen molar-refractivity contribution in [1.29, 1.82) is 0 Å². The number of hydrogen-bond acceptors (Lipinski definition) is 3. The van der Waals surface area contributed by atoms with Crippen LogP contribution in [0.25, 0.3) is 10.9 Å². The van der Waals surface area contributed by atoms with Gasteiger partial charge < -0.3 is 14.8 Å². The number of phenols is 1. The number of rotatable bonds is 4. The number of hydrogen-bond donors (Lipinski definition) is 2. The van der Waals surface area contributed by atoms with Crippen molar-refractivity contribution in [3.8, 4) is 5.75 Å². The van der Waals surface area contributed by atoms with E-state index in [1.165, 1.54) is 6.07 Å². The maximum Gasteiger partial charge on any atom is 0.123 e. The van der Waals surface area contributed by atoms with Crippen LogP contribution < -0.4 is 0 Å². The average Bonchev–Trinajstić information content (AvgIpc) is 2.85. The lowest BCUT2D eigenvalue weighted by atomic mass is 10.0. The fraction of sp³-hybridized carbons (Fsp3) is 0.300. The van der Waals surface area contributed by atoms with E-state index in [1.54, 1.807) is 30.0 Å². The van der Waals surface area contributed by atoms with Crippen LogP contribution in [0.3, 0.4) is 0 Å². The molecule has 2 aromatic carbocycles. The third kappa shape index (κ3) is 2.81. The smallest absolute Gasteiger partial charge is 0.123 e. The van der Waals surface area contributed by atoms with E-state index in [0.717, 1.165) is 39.0 Å². The molecule has 3 nitrogen and oxygen atoms in total. The lowest BCUT2D eigenvalue weighted by Crippen LogP contribution is -2.09. The van der Waals surface area contributed by atoms with Gasteiger partial charge in [-0.2, -0.15) is 0 Å². The molecular weight excluding hydrogens is 337 g/mol. The minimum Gasteiger partial charge on any atom is -0.508 e. The summed E-state index contributed by atoms with van der Waals surface area (Å²) >= 11 is 1.80. The maximum absolute atomic E-state index is 13.6. The lowest BCUT2D eigenvalue weighted by Gasteiger charge is -2.20. The van der Waals surface area contributed by atoms with Crippen LogP contribution in [0.5, 0.6) is 5.75 Å². The molecule has 0 bridgehead atoms. The SMILES string of the molecule is CC1Cc2c(O)ccc3c2c(c(CCO)n3Cc2cccc(F)c2)S1. The summed E-state index contributed by atoms with van der Waals surface area (Å²) in [6.45, 7) is 2.75. The summed E-state index contributed by atoms with van der Waals surface area (Å²) in [7, 11) is 0. The fourth-order valence-electron chi connectivity index (χ4n) is 3.73. The van der Waals surface area contributed by atoms with Crippen molar-refractivity contribution in [3.05, 3.63) is 59.0 Å². The Balaban J connectivity index is 1.94. The number of aliphatic hydroxyl groups is 1. The second-order valence-electron chi connectivity index (χ2n) is 6.56. The van der Waals surface area contributed by atoms with Crippen molar-refractivity contribution in [2.45, 2.75) is 36.5 Å². The van der Waals surface area contributed by atoms with Crippen molar-refractivity contribution >= 4 is 22.7 Å². The largest absolute Gasteiger partial charge is 0.508 e. The van der Waals surface area contributed by atoms with E-state index in [-0.39, 0.29) is 12.4 Å². The Kier molecular flexibility index (Phi) is 4.21. The van der Waals surface area contributed by atoms with Crippen LogP contribution in [-0.2, 0) is 19.4 Å². The lowest BCUT2D eigenvalue weighted by molar-refractivity contribution is 0.296. The van der Waals surface area contributed by atoms with Gasteiger partial charge in [0.2, 0.25) is 0 Å². The first-order valence-corrected chi connectivity index (χ1v) is 9.34. The first kappa shape index (κ1) is 16.5. The zero-order valence-corrected chi connectivity index (χ0v) is 14.8. The number of halogens is 1. The van der Waals surface area contributed by atoms with E-state index >= 15 is 0 Å². The van der Waals surface area contributed by atoms with Gasteiger partial charge >= 0.3 is 0 Å². The van der Waals surface area contributed by atoms with Crippen molar-refractivity contribution in [2.75, 3.05) is 6.61 Å². The molecule has 130 valence electrons. The molecule has 1 aliphatic heterocycles. The number of benzene rings is 2. The van der Waals surface area contributed by atoms with E-state index in [4.69, 9.17) is 0 Å². The molecule has 1 aromatic heterocycles. The number of thioether (sulfide) groups is 1. The van der Waals surface area contributed by atoms with Crippen LogP contribution in [0.2, 0.25) is 0 Å². The predicted molar refractivity (Wildman–Crippen MR) is 98.9 cm³/mol. The Morgan fingerprint density at radius 3 is 2.88 bits per heavy atom. The second kappa shape index (κ2) is 6.39. The zero-order chi connectivity index (χ0) is 17.6. The Morgan fingerprint density at radius 1 is 1.28 bits per heavy atom. The molecule has 0 fully saturated rings. The third-order valence-electron chi connectivity index (χ3n) is 4.76. The molecule has 0 saturated carbocycles. The molecule has 4 rings (SSSR count). The molecule has 0 spiro atoms. The van der Waals surface area contributed by atoms with Gasteiger partial charge in [0.25, 0.3) is 0 Å². The predicted octanol–water partition coefficient (Wildman–Crippen LogP) is 4.11. The Hall–Kier alpha value is -1.98. The number of aromatic hydroxyl groups is 1. The molecule has 0 radical (unpaired) electrons. The Bertz CT molecular complexity index is 951. The summed E-state index contributed by atoms with van der Waals surface area (Å²) in [5.74, 6) is 0.0860. The molecule has 2 N–H and O–H groups in total. The summed E-state index contributed by atoms with van der Waals surface area (Å²) in [4.78, 5) is 1.14. The fourth-order valence-corrected chi connectivity index (χ4v) is 5.08. The highest BCUT2D eigenvalue weighted by Gasteiger charge is 2.27. The van der Waals surface area contributed by atoms with E-state index < -0.39 is 0 Å². The van der Waals surface area contributed by atoms with E-state index in [0.29, 0.717) is 24.0 Å². The number of phenolic OH excluding ortho intramolecular Hbond substituents is 1. The summed E-state index contributed by atoms with van der Waals surface area (Å²) in [6, 6.07) is 10.3. The first-order chi connectivity index (χ1) is 12.1. The first-order valence-electron chi connectivity index (χ1n) is 8.46. The molecule has 1 atom stereocenters. The minimum atomic E-state index is -0.247. The molecule has 0 saturated heterocycles. The highest BCUT2D eigenvalue weighted by atomic mass is 32.2. The summed E-state index contributed by atoms with van der Waals surface area (Å²) in [6.07, 6.45) is 1.36. The molecule has 0 amide bonds. The Morgan fingerprint density at radius 2 is 2.12 bits per heavy atom. The van der Waals surface area contributed by atoms with Crippen LogP contribution in [0.4, 0.5) is 4.39 Å². The normalized spacial score (nSPS) is 16.5. The van der Waals surface area contributed by atoms with Crippen molar-refractivity contribution in [1.82, 2.24) is 4.57 Å². The third-order valence-corrected chi connectivity index (χ3v) is 6.01. The van der Waals surface area contributed by atoms with Crippen molar-refractivity contribution in [3.63, 3.8) is 0 Å². The molecular formula is C20H20FNO2S. The van der Waals surface area contributed by atoms with Gasteiger partial charge in [-0.05, 0) is 36.2 Å². The van der Waals surface area contributed by atoms with Crippen LogP contribution in [0.1, 0.15) is 23.7 Å². The summed E-state index contributed by atoms with van der Waals surface area (Å²) < 4.78 is 15.8. The van der Waals surface area contributed by atoms with Gasteiger partial charge in [-0.15, -0.1) is 11.8 Å². The summed E-state index contributed by atoms with van der Waals surface area (Å²) in [5.41, 5.74) is 3.96. The van der Waals surface area contributed by atoms with E-state index in [9.17, 15) is 14.6 Å². The molecule has 2 heterocycles. The highest BCUT2D eigenvalue weighted by Crippen LogP contribution is 2.46. The van der Waals surface area contributed by atoms with Gasteiger partial charge in [-0.1, -0.05) is 19.1 Å². The molecule has 1 aliphatic rings. The van der Waals surface area contributed by atoms with Crippen LogP contribution >= 0.6 is 11.8 Å². The standard InChI is InChI=1S/C20H20FNO2S/c1-12-9-15-18(24)6-5-16-19(15)20(25-12)17(7-8-23)22(16)11-13-3-2-4-14(21)10-13/h2-6,10,12,23-24H,7-9,11H2,1H3. The van der Waals surface area contributed by atoms with Crippen LogP contribution in [0, 0.1) is 5.82 Å². The van der Waals surface area contributed by atoms with E-state index in [1.807, 2.05) is 12.1 Å². The van der Waals surface area contributed by atoms with Gasteiger partial charge in [0.05, 0.1) is 5.52 Å². The quantitative estimate of drug-likeness (QED) is 0.739. The number of aliphatic hydroxyl groups excluding tert-OH is 1. The Labute approximate surface area is 150 Å². The molecule has 0 aliphatic carbocycles. The monoisotopic (exact) mass is 357 g/mol. The van der Waals surface area contributed by atoms with Gasteiger partial charge in [0.1, 0.15) is 11.6 Å². The minimum absolute atomic E-state index is 0.0583. The van der Waals surface area contributed by atoms with Crippen molar-refractivity contribution < 1.29 is 14.6 Å². The molecule has 25 heavy (non-hydrogen) atoms. The topological polar surface area (TPSA) is 45.4 Å². The van der Waals surface area contributed by atoms with Crippen LogP contribution in [-0.4, -0.2) is 26.6 Å². The zero-order valence-electron chi connectivity index (χ0n) is 14.0. The number of nitrogens with zero attached hydrogens (tertiary/aromatic N) is 1. The van der Waals surface area contributed by atoms with Gasteiger partial charge in [0, 0.05) is 46.4 Å². The van der Waals surface area contributed by atoms with Crippen molar-refractivity contribution in [2.24, 2.45) is 0 Å². The summed E-state index contributed by atoms with van der Waals surface area (Å²) in [5, 5.41) is 21.4. The van der Waals surface area contributed by atoms with E-state index in [2.05, 4.69) is 11.5 Å². The number of aromatic nitrogens is 1. The molecule has 5 heteroatoms. The van der Waals surface area contributed by atoms with Gasteiger partial charge in [0.15, 0.2) is 0 Å². The average molecular weight is 357 g/mol. The van der Waals surface area contributed by atoms with Gasteiger partial charge in [-0.3, -0.25) is 0 Å². The van der Waals surface area contributed by atoms with Crippen LogP contribution in [0.15, 0.2) is 41.3 Å². The molecule has 1 unspecified atom stereocenters. The highest BCUT2D eigenvalue weighted by molar-refractivity contribution is 8.00.